The van der Waals surface area contributed by atoms with E-state index in [0.29, 0.717) is 23.4 Å². The quantitative estimate of drug-likeness (QED) is 0.851. The van der Waals surface area contributed by atoms with E-state index in [1.807, 2.05) is 4.90 Å². The molecule has 0 aliphatic carbocycles. The fourth-order valence-electron chi connectivity index (χ4n) is 2.85. The molecule has 4 nitrogen and oxygen atoms in total. The highest BCUT2D eigenvalue weighted by Gasteiger charge is 2.27. The van der Waals surface area contributed by atoms with Gasteiger partial charge in [-0.3, -0.25) is 4.79 Å². The van der Waals surface area contributed by atoms with Gasteiger partial charge in [0, 0.05) is 35.9 Å². The molecule has 1 aromatic carbocycles. The van der Waals surface area contributed by atoms with Gasteiger partial charge in [-0.2, -0.15) is 0 Å². The molecule has 21 heavy (non-hydrogen) atoms. The van der Waals surface area contributed by atoms with E-state index in [-0.39, 0.29) is 11.9 Å². The number of carbonyl (C=O) groups excluding carboxylic acids is 1. The van der Waals surface area contributed by atoms with Crippen molar-refractivity contribution in [3.05, 3.63) is 29.1 Å². The first-order chi connectivity index (χ1) is 9.93. The topological polar surface area (TPSA) is 49.6 Å². The number of likely N-dealkylation sites (N-methyl/N-ethyl adjacent to an activating group) is 1. The highest BCUT2D eigenvalue weighted by molar-refractivity contribution is 5.95. The maximum atomic E-state index is 13.8. The van der Waals surface area contributed by atoms with Crippen LogP contribution in [-0.2, 0) is 0 Å². The van der Waals surface area contributed by atoms with Crippen molar-refractivity contribution in [2.24, 2.45) is 0 Å². The summed E-state index contributed by atoms with van der Waals surface area (Å²) in [4.78, 5) is 16.8. The van der Waals surface area contributed by atoms with Crippen LogP contribution in [0.25, 0.3) is 0 Å². The molecule has 1 fully saturated rings. The van der Waals surface area contributed by atoms with Crippen LogP contribution in [0, 0.1) is 12.7 Å². The summed E-state index contributed by atoms with van der Waals surface area (Å²) in [5.74, 6) is -0.541. The first kappa shape index (κ1) is 15.8. The van der Waals surface area contributed by atoms with Crippen molar-refractivity contribution in [3.63, 3.8) is 0 Å². The minimum atomic E-state index is -0.418. The minimum absolute atomic E-state index is 0.122. The zero-order valence-electron chi connectivity index (χ0n) is 13.0. The Kier molecular flexibility index (Phi) is 4.83. The monoisotopic (exact) mass is 293 g/mol. The summed E-state index contributed by atoms with van der Waals surface area (Å²) in [7, 11) is 2.07. The van der Waals surface area contributed by atoms with Crippen LogP contribution in [0.3, 0.4) is 0 Å². The first-order valence-electron chi connectivity index (χ1n) is 7.49. The zero-order chi connectivity index (χ0) is 15.6. The Morgan fingerprint density at radius 1 is 1.43 bits per heavy atom. The normalized spacial score (nSPS) is 20.4. The van der Waals surface area contributed by atoms with Gasteiger partial charge < -0.3 is 15.5 Å². The molecular weight excluding hydrogens is 269 g/mol. The summed E-state index contributed by atoms with van der Waals surface area (Å²) >= 11 is 0. The van der Waals surface area contributed by atoms with E-state index in [2.05, 4.69) is 18.9 Å². The number of rotatable bonds is 2. The predicted molar refractivity (Wildman–Crippen MR) is 82.8 cm³/mol. The van der Waals surface area contributed by atoms with E-state index in [1.54, 1.807) is 13.0 Å². The van der Waals surface area contributed by atoms with Gasteiger partial charge in [-0.1, -0.05) is 6.92 Å². The Labute approximate surface area is 125 Å². The highest BCUT2D eigenvalue weighted by atomic mass is 19.1. The van der Waals surface area contributed by atoms with Crippen LogP contribution in [0.2, 0.25) is 0 Å². The van der Waals surface area contributed by atoms with Crippen molar-refractivity contribution in [3.8, 4) is 0 Å². The van der Waals surface area contributed by atoms with E-state index in [0.717, 1.165) is 25.9 Å². The van der Waals surface area contributed by atoms with Crippen molar-refractivity contribution in [2.45, 2.75) is 32.7 Å². The van der Waals surface area contributed by atoms with Crippen LogP contribution in [0.1, 0.15) is 35.7 Å². The summed E-state index contributed by atoms with van der Waals surface area (Å²) < 4.78 is 13.8. The fourth-order valence-corrected chi connectivity index (χ4v) is 2.85. The van der Waals surface area contributed by atoms with Gasteiger partial charge in [0.2, 0.25) is 0 Å². The molecule has 116 valence electrons. The van der Waals surface area contributed by atoms with Gasteiger partial charge in [-0.15, -0.1) is 0 Å². The summed E-state index contributed by atoms with van der Waals surface area (Å²) in [6, 6.07) is 3.05. The lowest BCUT2D eigenvalue weighted by Crippen LogP contribution is -2.43. The molecule has 0 radical (unpaired) electrons. The molecule has 1 saturated heterocycles. The number of halogens is 1. The lowest BCUT2D eigenvalue weighted by molar-refractivity contribution is 0.0675. The van der Waals surface area contributed by atoms with Gasteiger partial charge in [-0.25, -0.2) is 4.39 Å². The number of benzene rings is 1. The van der Waals surface area contributed by atoms with Crippen LogP contribution >= 0.6 is 0 Å². The van der Waals surface area contributed by atoms with E-state index < -0.39 is 5.82 Å². The molecule has 1 aliphatic rings. The van der Waals surface area contributed by atoms with Crippen molar-refractivity contribution in [2.75, 3.05) is 32.4 Å². The lowest BCUT2D eigenvalue weighted by atomic mass is 10.1. The van der Waals surface area contributed by atoms with Gasteiger partial charge in [0.1, 0.15) is 5.82 Å². The summed E-state index contributed by atoms with van der Waals surface area (Å²) in [5.41, 5.74) is 6.87. The Bertz CT molecular complexity index is 509. The Morgan fingerprint density at radius 2 is 2.14 bits per heavy atom. The molecule has 1 amide bonds. The molecule has 1 aliphatic heterocycles. The SMILES string of the molecule is CCC1CN(C)CCCN1C(=O)c1cc(N)c(C)c(F)c1. The highest BCUT2D eigenvalue weighted by Crippen LogP contribution is 2.21. The number of nitrogens with two attached hydrogens (primary N) is 1. The number of carbonyl (C=O) groups is 1. The molecule has 1 unspecified atom stereocenters. The number of amides is 1. The smallest absolute Gasteiger partial charge is 0.254 e. The van der Waals surface area contributed by atoms with Crippen LogP contribution in [0.15, 0.2) is 12.1 Å². The Hall–Kier alpha value is -1.62. The molecule has 5 heteroatoms. The number of hydrogen-bond donors (Lipinski definition) is 1. The Morgan fingerprint density at radius 3 is 2.76 bits per heavy atom. The van der Waals surface area contributed by atoms with Gasteiger partial charge in [-0.05, 0) is 45.5 Å². The van der Waals surface area contributed by atoms with Gasteiger partial charge in [0.05, 0.1) is 0 Å². The van der Waals surface area contributed by atoms with Crippen LogP contribution < -0.4 is 5.73 Å². The molecule has 2 N–H and O–H groups in total. The molecule has 2 rings (SSSR count). The number of anilines is 1. The van der Waals surface area contributed by atoms with Gasteiger partial charge in [0.25, 0.3) is 5.91 Å². The van der Waals surface area contributed by atoms with Crippen molar-refractivity contribution in [1.29, 1.82) is 0 Å². The summed E-state index contributed by atoms with van der Waals surface area (Å²) in [6.45, 7) is 6.23. The standard InChI is InChI=1S/C16H24FN3O/c1-4-13-10-19(3)6-5-7-20(13)16(21)12-8-14(17)11(2)15(18)9-12/h8-9,13H,4-7,10,18H2,1-3H3. The molecule has 0 saturated carbocycles. The predicted octanol–water partition coefficient (Wildman–Crippen LogP) is 2.27. The van der Waals surface area contributed by atoms with E-state index >= 15 is 0 Å². The van der Waals surface area contributed by atoms with E-state index in [1.165, 1.54) is 6.07 Å². The van der Waals surface area contributed by atoms with Crippen LogP contribution in [-0.4, -0.2) is 48.4 Å². The third kappa shape index (κ3) is 3.35. The third-order valence-electron chi connectivity index (χ3n) is 4.27. The van der Waals surface area contributed by atoms with E-state index in [4.69, 9.17) is 5.73 Å². The molecule has 0 bridgehead atoms. The Balaban J connectivity index is 2.29. The number of nitrogen functional groups attached to an aromatic ring is 1. The largest absolute Gasteiger partial charge is 0.398 e. The van der Waals surface area contributed by atoms with Crippen LogP contribution in [0.4, 0.5) is 10.1 Å². The maximum Gasteiger partial charge on any atom is 0.254 e. The van der Waals surface area contributed by atoms with Crippen molar-refractivity contribution < 1.29 is 9.18 Å². The van der Waals surface area contributed by atoms with Crippen molar-refractivity contribution >= 4 is 11.6 Å². The average molecular weight is 293 g/mol. The molecule has 0 spiro atoms. The van der Waals surface area contributed by atoms with Gasteiger partial charge in [0.15, 0.2) is 0 Å². The second kappa shape index (κ2) is 6.43. The lowest BCUT2D eigenvalue weighted by Gasteiger charge is -2.30. The first-order valence-corrected chi connectivity index (χ1v) is 7.49. The second-order valence-corrected chi connectivity index (χ2v) is 5.85. The zero-order valence-corrected chi connectivity index (χ0v) is 13.0. The number of hydrogen-bond acceptors (Lipinski definition) is 3. The molecular formula is C16H24FN3O. The van der Waals surface area contributed by atoms with Crippen molar-refractivity contribution in [1.82, 2.24) is 9.80 Å². The molecule has 0 aromatic heterocycles. The summed E-state index contributed by atoms with van der Waals surface area (Å²) in [5, 5.41) is 0. The molecule has 1 aromatic rings. The number of nitrogens with zero attached hydrogens (tertiary/aromatic N) is 2. The maximum absolute atomic E-state index is 13.8. The summed E-state index contributed by atoms with van der Waals surface area (Å²) in [6.07, 6.45) is 1.82. The molecule has 1 heterocycles. The van der Waals surface area contributed by atoms with Crippen LogP contribution in [0.5, 0.6) is 0 Å². The second-order valence-electron chi connectivity index (χ2n) is 5.85. The minimum Gasteiger partial charge on any atom is -0.398 e. The third-order valence-corrected chi connectivity index (χ3v) is 4.27. The fraction of sp³-hybridized carbons (Fsp3) is 0.562. The van der Waals surface area contributed by atoms with Gasteiger partial charge >= 0.3 is 0 Å². The van der Waals surface area contributed by atoms with E-state index in [9.17, 15) is 9.18 Å². The molecule has 1 atom stereocenters. The average Bonchev–Trinajstić information content (AvgIpc) is 2.64.